The summed E-state index contributed by atoms with van der Waals surface area (Å²) >= 11 is 5.83. The zero-order chi connectivity index (χ0) is 13.7. The topological polar surface area (TPSA) is 54.0 Å². The normalized spacial score (nSPS) is 10.0. The minimum Gasteiger partial charge on any atom is -0.334 e. The molecule has 0 bridgehead atoms. The molecule has 0 saturated carbocycles. The van der Waals surface area contributed by atoms with Crippen LogP contribution in [-0.4, -0.2) is 11.0 Å². The number of benzene rings is 1. The fourth-order valence-electron chi connectivity index (χ4n) is 1.47. The second-order valence-corrected chi connectivity index (χ2v) is 4.23. The van der Waals surface area contributed by atoms with Gasteiger partial charge in [-0.25, -0.2) is 9.18 Å². The van der Waals surface area contributed by atoms with E-state index in [1.807, 2.05) is 6.07 Å². The summed E-state index contributed by atoms with van der Waals surface area (Å²) in [5, 5.41) is 5.60. The Morgan fingerprint density at radius 3 is 2.95 bits per heavy atom. The van der Waals surface area contributed by atoms with Crippen LogP contribution in [0.15, 0.2) is 42.7 Å². The number of rotatable bonds is 3. The Labute approximate surface area is 114 Å². The first kappa shape index (κ1) is 13.3. The molecule has 0 fully saturated rings. The summed E-state index contributed by atoms with van der Waals surface area (Å²) in [5.74, 6) is -0.583. The molecule has 0 aliphatic carbocycles. The van der Waals surface area contributed by atoms with E-state index < -0.39 is 11.8 Å². The highest BCUT2D eigenvalue weighted by Crippen LogP contribution is 2.12. The number of amides is 2. The summed E-state index contributed by atoms with van der Waals surface area (Å²) < 4.78 is 13.2. The van der Waals surface area contributed by atoms with Crippen molar-refractivity contribution in [2.45, 2.75) is 6.54 Å². The Balaban J connectivity index is 1.90. The van der Waals surface area contributed by atoms with E-state index in [1.54, 1.807) is 18.2 Å². The minimum absolute atomic E-state index is 0.0820. The first-order valence-corrected chi connectivity index (χ1v) is 5.92. The maximum Gasteiger partial charge on any atom is 0.319 e. The third-order valence-electron chi connectivity index (χ3n) is 2.36. The van der Waals surface area contributed by atoms with Gasteiger partial charge in [0, 0.05) is 17.8 Å². The molecule has 2 rings (SSSR count). The van der Waals surface area contributed by atoms with Gasteiger partial charge in [-0.15, -0.1) is 0 Å². The van der Waals surface area contributed by atoms with Crippen LogP contribution >= 0.6 is 11.6 Å². The highest BCUT2D eigenvalue weighted by atomic mass is 35.5. The third-order valence-corrected chi connectivity index (χ3v) is 2.60. The Kier molecular flexibility index (Phi) is 4.30. The Hall–Kier alpha value is -2.14. The predicted octanol–water partition coefficient (Wildman–Crippen LogP) is 3.20. The van der Waals surface area contributed by atoms with Gasteiger partial charge >= 0.3 is 6.03 Å². The van der Waals surface area contributed by atoms with Gasteiger partial charge < -0.3 is 10.6 Å². The SMILES string of the molecule is O=C(NCc1cccc(Cl)c1)Nc1ccncc1F. The molecule has 0 unspecified atom stereocenters. The van der Waals surface area contributed by atoms with Crippen molar-refractivity contribution in [2.75, 3.05) is 5.32 Å². The molecule has 2 aromatic rings. The molecule has 6 heteroatoms. The molecular formula is C13H11ClFN3O. The molecule has 2 amide bonds. The number of carbonyl (C=O) groups is 1. The Morgan fingerprint density at radius 2 is 2.21 bits per heavy atom. The van der Waals surface area contributed by atoms with Gasteiger partial charge in [0.25, 0.3) is 0 Å². The molecule has 1 heterocycles. The van der Waals surface area contributed by atoms with Crippen molar-refractivity contribution >= 4 is 23.3 Å². The molecule has 0 aliphatic heterocycles. The molecule has 0 aliphatic rings. The number of halogens is 2. The average molecular weight is 280 g/mol. The second-order valence-electron chi connectivity index (χ2n) is 3.79. The molecule has 0 spiro atoms. The third kappa shape index (κ3) is 3.93. The lowest BCUT2D eigenvalue weighted by molar-refractivity contribution is 0.251. The number of urea groups is 1. The zero-order valence-corrected chi connectivity index (χ0v) is 10.6. The van der Waals surface area contributed by atoms with Gasteiger partial charge in [-0.3, -0.25) is 4.98 Å². The minimum atomic E-state index is -0.583. The lowest BCUT2D eigenvalue weighted by Gasteiger charge is -2.08. The number of carbonyl (C=O) groups excluding carboxylic acids is 1. The van der Waals surface area contributed by atoms with Crippen LogP contribution in [0.4, 0.5) is 14.9 Å². The van der Waals surface area contributed by atoms with Gasteiger partial charge in [0.15, 0.2) is 5.82 Å². The quantitative estimate of drug-likeness (QED) is 0.906. The van der Waals surface area contributed by atoms with E-state index in [0.717, 1.165) is 11.8 Å². The van der Waals surface area contributed by atoms with E-state index in [0.29, 0.717) is 11.6 Å². The van der Waals surface area contributed by atoms with E-state index in [2.05, 4.69) is 15.6 Å². The maximum absolute atomic E-state index is 13.2. The van der Waals surface area contributed by atoms with Gasteiger partial charge in [-0.2, -0.15) is 0 Å². The largest absolute Gasteiger partial charge is 0.334 e. The van der Waals surface area contributed by atoms with Crippen molar-refractivity contribution in [3.05, 3.63) is 59.1 Å². The zero-order valence-electron chi connectivity index (χ0n) is 9.86. The highest BCUT2D eigenvalue weighted by Gasteiger charge is 2.06. The van der Waals surface area contributed by atoms with Crippen molar-refractivity contribution in [3.8, 4) is 0 Å². The van der Waals surface area contributed by atoms with Crippen molar-refractivity contribution in [1.82, 2.24) is 10.3 Å². The predicted molar refractivity (Wildman–Crippen MR) is 71.5 cm³/mol. The van der Waals surface area contributed by atoms with Crippen LogP contribution in [0, 0.1) is 5.82 Å². The van der Waals surface area contributed by atoms with E-state index in [9.17, 15) is 9.18 Å². The first-order valence-electron chi connectivity index (χ1n) is 5.54. The molecule has 1 aromatic carbocycles. The van der Waals surface area contributed by atoms with Crippen LogP contribution in [0.3, 0.4) is 0 Å². The summed E-state index contributed by atoms with van der Waals surface area (Å²) in [6.07, 6.45) is 2.43. The summed E-state index contributed by atoms with van der Waals surface area (Å²) in [4.78, 5) is 15.2. The van der Waals surface area contributed by atoms with Crippen LogP contribution in [0.2, 0.25) is 5.02 Å². The van der Waals surface area contributed by atoms with Crippen LogP contribution in [0.1, 0.15) is 5.56 Å². The van der Waals surface area contributed by atoms with Crippen LogP contribution in [-0.2, 0) is 6.54 Å². The molecule has 0 atom stereocenters. The number of aromatic nitrogens is 1. The molecule has 4 nitrogen and oxygen atoms in total. The number of hydrogen-bond acceptors (Lipinski definition) is 2. The van der Waals surface area contributed by atoms with Gasteiger partial charge in [-0.05, 0) is 23.8 Å². The molecule has 19 heavy (non-hydrogen) atoms. The van der Waals surface area contributed by atoms with Gasteiger partial charge in [0.1, 0.15) is 0 Å². The van der Waals surface area contributed by atoms with Crippen molar-refractivity contribution in [2.24, 2.45) is 0 Å². The van der Waals surface area contributed by atoms with Crippen LogP contribution in [0.25, 0.3) is 0 Å². The molecule has 1 aromatic heterocycles. The number of nitrogens with zero attached hydrogens (tertiary/aromatic N) is 1. The lowest BCUT2D eigenvalue weighted by Crippen LogP contribution is -2.28. The molecule has 0 saturated heterocycles. The standard InChI is InChI=1S/C13H11ClFN3O/c14-10-3-1-2-9(6-10)7-17-13(19)18-12-4-5-16-8-11(12)15/h1-6,8H,7H2,(H2,16,17,18,19). The van der Waals surface area contributed by atoms with E-state index in [4.69, 9.17) is 11.6 Å². The van der Waals surface area contributed by atoms with Crippen molar-refractivity contribution in [1.29, 1.82) is 0 Å². The fourth-order valence-corrected chi connectivity index (χ4v) is 1.69. The van der Waals surface area contributed by atoms with Gasteiger partial charge in [0.2, 0.25) is 0 Å². The second kappa shape index (κ2) is 6.15. The number of hydrogen-bond donors (Lipinski definition) is 2. The van der Waals surface area contributed by atoms with E-state index in [-0.39, 0.29) is 5.69 Å². The Bertz CT molecular complexity index is 592. The fraction of sp³-hybridized carbons (Fsp3) is 0.0769. The summed E-state index contributed by atoms with van der Waals surface area (Å²) in [5.41, 5.74) is 0.941. The van der Waals surface area contributed by atoms with Gasteiger partial charge in [-0.1, -0.05) is 23.7 Å². The van der Waals surface area contributed by atoms with E-state index >= 15 is 0 Å². The van der Waals surface area contributed by atoms with Crippen LogP contribution < -0.4 is 10.6 Å². The number of pyridine rings is 1. The van der Waals surface area contributed by atoms with Crippen molar-refractivity contribution < 1.29 is 9.18 Å². The van der Waals surface area contributed by atoms with Crippen LogP contribution in [0.5, 0.6) is 0 Å². The average Bonchev–Trinajstić information content (AvgIpc) is 2.39. The molecule has 0 radical (unpaired) electrons. The molecule has 98 valence electrons. The lowest BCUT2D eigenvalue weighted by atomic mass is 10.2. The highest BCUT2D eigenvalue weighted by molar-refractivity contribution is 6.30. The number of anilines is 1. The monoisotopic (exact) mass is 279 g/mol. The molecular weight excluding hydrogens is 269 g/mol. The first-order chi connectivity index (χ1) is 9.15. The molecule has 2 N–H and O–H groups in total. The maximum atomic E-state index is 13.2. The van der Waals surface area contributed by atoms with Gasteiger partial charge in [0.05, 0.1) is 11.9 Å². The summed E-state index contributed by atoms with van der Waals surface area (Å²) in [7, 11) is 0. The summed E-state index contributed by atoms with van der Waals surface area (Å²) in [6.45, 7) is 0.305. The number of nitrogens with one attached hydrogen (secondary N) is 2. The van der Waals surface area contributed by atoms with Crippen molar-refractivity contribution in [3.63, 3.8) is 0 Å². The van der Waals surface area contributed by atoms with E-state index in [1.165, 1.54) is 12.3 Å². The smallest absolute Gasteiger partial charge is 0.319 e. The Morgan fingerprint density at radius 1 is 1.37 bits per heavy atom. The summed E-state index contributed by atoms with van der Waals surface area (Å²) in [6, 6.07) is 8.00.